The van der Waals surface area contributed by atoms with Crippen molar-refractivity contribution in [2.45, 2.75) is 13.8 Å². The van der Waals surface area contributed by atoms with Gasteiger partial charge in [0.05, 0.1) is 18.4 Å². The Morgan fingerprint density at radius 2 is 2.13 bits per heavy atom. The Morgan fingerprint density at radius 3 is 2.71 bits per heavy atom. The predicted molar refractivity (Wildman–Crippen MR) is 123 cm³/mol. The first-order chi connectivity index (χ1) is 14.7. The van der Waals surface area contributed by atoms with Gasteiger partial charge in [-0.15, -0.1) is 0 Å². The molecule has 0 saturated heterocycles. The van der Waals surface area contributed by atoms with Gasteiger partial charge in [-0.2, -0.15) is 10.2 Å². The second-order valence-corrected chi connectivity index (χ2v) is 7.77. The SMILES string of the molecule is C=Cc1[nH]nc(-c2cnn(C)c2)c1/C=C(\C)c1c(C)cc(NC(=O)CN(C)C)cc1F. The Hall–Kier alpha value is -3.52. The summed E-state index contributed by atoms with van der Waals surface area (Å²) in [5, 5.41) is 14.3. The summed E-state index contributed by atoms with van der Waals surface area (Å²) in [7, 11) is 5.44. The lowest BCUT2D eigenvalue weighted by molar-refractivity contribution is -0.116. The average molecular weight is 423 g/mol. The number of amides is 1. The van der Waals surface area contributed by atoms with Gasteiger partial charge in [0.2, 0.25) is 5.91 Å². The van der Waals surface area contributed by atoms with Crippen molar-refractivity contribution >= 4 is 29.3 Å². The number of nitrogens with zero attached hydrogens (tertiary/aromatic N) is 4. The highest BCUT2D eigenvalue weighted by molar-refractivity contribution is 5.93. The molecule has 0 fully saturated rings. The minimum atomic E-state index is -0.402. The van der Waals surface area contributed by atoms with Gasteiger partial charge in [-0.3, -0.25) is 14.6 Å². The maximum Gasteiger partial charge on any atom is 0.238 e. The Balaban J connectivity index is 1.98. The summed E-state index contributed by atoms with van der Waals surface area (Å²) in [4.78, 5) is 13.8. The average Bonchev–Trinajstić information content (AvgIpc) is 3.26. The Kier molecular flexibility index (Phi) is 6.50. The number of likely N-dealkylation sites (N-methyl/N-ethyl adjacent to an activating group) is 1. The zero-order valence-corrected chi connectivity index (χ0v) is 18.5. The number of aromatic nitrogens is 4. The standard InChI is InChI=1S/C23H27FN6O/c1-7-20-18(23(28-27-20)16-11-25-30(6)12-16)9-15(3)22-14(2)8-17(10-19(22)24)26-21(31)13-29(4)5/h7-12H,1,13H2,2-6H3,(H,26,31)(H,27,28)/b15-9+. The van der Waals surface area contributed by atoms with Crippen LogP contribution in [0.5, 0.6) is 0 Å². The van der Waals surface area contributed by atoms with Gasteiger partial charge in [-0.1, -0.05) is 6.58 Å². The summed E-state index contributed by atoms with van der Waals surface area (Å²) >= 11 is 0. The van der Waals surface area contributed by atoms with Gasteiger partial charge in [0, 0.05) is 35.6 Å². The molecule has 2 aromatic heterocycles. The van der Waals surface area contributed by atoms with E-state index >= 15 is 4.39 Å². The molecule has 1 aromatic carbocycles. The number of aromatic amines is 1. The highest BCUT2D eigenvalue weighted by atomic mass is 19.1. The summed E-state index contributed by atoms with van der Waals surface area (Å²) in [5.74, 6) is -0.598. The molecule has 0 atom stereocenters. The highest BCUT2D eigenvalue weighted by Crippen LogP contribution is 2.31. The lowest BCUT2D eigenvalue weighted by Crippen LogP contribution is -2.27. The lowest BCUT2D eigenvalue weighted by atomic mass is 9.97. The van der Waals surface area contributed by atoms with E-state index in [4.69, 9.17) is 0 Å². The second kappa shape index (κ2) is 9.09. The molecule has 7 nitrogen and oxygen atoms in total. The van der Waals surface area contributed by atoms with Crippen molar-refractivity contribution in [3.8, 4) is 11.3 Å². The molecule has 3 rings (SSSR count). The Labute approximate surface area is 181 Å². The fourth-order valence-corrected chi connectivity index (χ4v) is 3.52. The normalized spacial score (nSPS) is 11.8. The van der Waals surface area contributed by atoms with E-state index in [-0.39, 0.29) is 12.5 Å². The zero-order chi connectivity index (χ0) is 22.7. The van der Waals surface area contributed by atoms with E-state index in [1.54, 1.807) is 42.0 Å². The van der Waals surface area contributed by atoms with Gasteiger partial charge < -0.3 is 10.2 Å². The van der Waals surface area contributed by atoms with Gasteiger partial charge in [0.15, 0.2) is 0 Å². The molecule has 0 aliphatic heterocycles. The van der Waals surface area contributed by atoms with Crippen molar-refractivity contribution in [1.29, 1.82) is 0 Å². The third kappa shape index (κ3) is 4.97. The van der Waals surface area contributed by atoms with Crippen LogP contribution < -0.4 is 5.32 Å². The quantitative estimate of drug-likeness (QED) is 0.604. The molecule has 31 heavy (non-hydrogen) atoms. The first kappa shape index (κ1) is 22.2. The van der Waals surface area contributed by atoms with Gasteiger partial charge in [-0.05, 0) is 63.4 Å². The molecule has 0 spiro atoms. The molecule has 0 radical (unpaired) electrons. The monoisotopic (exact) mass is 422 g/mol. The van der Waals surface area contributed by atoms with E-state index in [0.29, 0.717) is 16.9 Å². The van der Waals surface area contributed by atoms with Crippen LogP contribution in [0.4, 0.5) is 10.1 Å². The van der Waals surface area contributed by atoms with Crippen LogP contribution in [-0.2, 0) is 11.8 Å². The minimum Gasteiger partial charge on any atom is -0.325 e. The molecule has 0 aliphatic carbocycles. The van der Waals surface area contributed by atoms with Crippen LogP contribution in [-0.4, -0.2) is 51.4 Å². The van der Waals surface area contributed by atoms with Crippen LogP contribution in [0.1, 0.15) is 29.3 Å². The van der Waals surface area contributed by atoms with Crippen LogP contribution in [0, 0.1) is 12.7 Å². The molecule has 0 saturated carbocycles. The van der Waals surface area contributed by atoms with Gasteiger partial charge in [-0.25, -0.2) is 4.39 Å². The predicted octanol–water partition coefficient (Wildman–Crippen LogP) is 3.96. The molecule has 0 bridgehead atoms. The van der Waals surface area contributed by atoms with Crippen molar-refractivity contribution in [1.82, 2.24) is 24.9 Å². The number of hydrogen-bond acceptors (Lipinski definition) is 4. The molecule has 2 N–H and O–H groups in total. The van der Waals surface area contributed by atoms with Crippen molar-refractivity contribution in [3.05, 3.63) is 59.3 Å². The molecule has 1 amide bonds. The number of nitrogens with one attached hydrogen (secondary N) is 2. The van der Waals surface area contributed by atoms with Crippen molar-refractivity contribution in [3.63, 3.8) is 0 Å². The van der Waals surface area contributed by atoms with Crippen LogP contribution in [0.3, 0.4) is 0 Å². The number of rotatable bonds is 7. The lowest BCUT2D eigenvalue weighted by Gasteiger charge is -2.14. The van der Waals surface area contributed by atoms with Gasteiger partial charge in [0.1, 0.15) is 11.5 Å². The third-order valence-corrected chi connectivity index (χ3v) is 4.80. The Bertz CT molecular complexity index is 1130. The van der Waals surface area contributed by atoms with Crippen LogP contribution >= 0.6 is 0 Å². The number of allylic oxidation sites excluding steroid dienone is 1. The summed E-state index contributed by atoms with van der Waals surface area (Å²) in [6.45, 7) is 7.74. The van der Waals surface area contributed by atoms with E-state index in [0.717, 1.165) is 28.0 Å². The van der Waals surface area contributed by atoms with E-state index in [2.05, 4.69) is 27.2 Å². The first-order valence-corrected chi connectivity index (χ1v) is 9.82. The van der Waals surface area contributed by atoms with Crippen LogP contribution in [0.2, 0.25) is 0 Å². The third-order valence-electron chi connectivity index (χ3n) is 4.80. The molecule has 2 heterocycles. The number of aryl methyl sites for hydroxylation is 2. The maximum absolute atomic E-state index is 15.1. The van der Waals surface area contributed by atoms with E-state index in [9.17, 15) is 4.79 Å². The zero-order valence-electron chi connectivity index (χ0n) is 18.5. The minimum absolute atomic E-state index is 0.195. The molecule has 0 unspecified atom stereocenters. The number of benzene rings is 1. The molecule has 8 heteroatoms. The van der Waals surface area contributed by atoms with Crippen molar-refractivity contribution in [2.24, 2.45) is 7.05 Å². The molecular formula is C23H27FN6O. The molecule has 162 valence electrons. The summed E-state index contributed by atoms with van der Waals surface area (Å²) in [5.41, 5.74) is 5.49. The number of hydrogen-bond donors (Lipinski definition) is 2. The fraction of sp³-hybridized carbons (Fsp3) is 0.261. The number of carbonyl (C=O) groups excluding carboxylic acids is 1. The molecular weight excluding hydrogens is 395 g/mol. The Morgan fingerprint density at radius 1 is 1.39 bits per heavy atom. The highest BCUT2D eigenvalue weighted by Gasteiger charge is 2.16. The van der Waals surface area contributed by atoms with E-state index < -0.39 is 5.82 Å². The fourth-order valence-electron chi connectivity index (χ4n) is 3.52. The largest absolute Gasteiger partial charge is 0.325 e. The number of carbonyl (C=O) groups is 1. The van der Waals surface area contributed by atoms with Crippen LogP contribution in [0.15, 0.2) is 31.1 Å². The summed E-state index contributed by atoms with van der Waals surface area (Å²) in [6, 6.07) is 3.12. The van der Waals surface area contributed by atoms with E-state index in [1.807, 2.05) is 33.2 Å². The number of halogens is 1. The number of H-pyrrole nitrogens is 1. The van der Waals surface area contributed by atoms with E-state index in [1.165, 1.54) is 6.07 Å². The summed E-state index contributed by atoms with van der Waals surface area (Å²) in [6.07, 6.45) is 7.16. The molecule has 0 aliphatic rings. The van der Waals surface area contributed by atoms with Gasteiger partial charge in [0.25, 0.3) is 0 Å². The first-order valence-electron chi connectivity index (χ1n) is 9.82. The van der Waals surface area contributed by atoms with Crippen molar-refractivity contribution < 1.29 is 9.18 Å². The van der Waals surface area contributed by atoms with Crippen molar-refractivity contribution in [2.75, 3.05) is 26.0 Å². The summed E-state index contributed by atoms with van der Waals surface area (Å²) < 4.78 is 16.8. The van der Waals surface area contributed by atoms with Crippen LogP contribution in [0.25, 0.3) is 29.0 Å². The molecule has 3 aromatic rings. The smallest absolute Gasteiger partial charge is 0.238 e. The van der Waals surface area contributed by atoms with Gasteiger partial charge >= 0.3 is 0 Å². The maximum atomic E-state index is 15.1. The topological polar surface area (TPSA) is 78.8 Å². The number of anilines is 1. The second-order valence-electron chi connectivity index (χ2n) is 7.77.